The number of ether oxygens (including phenoxy) is 1. The molecule has 2 saturated carbocycles. The van der Waals surface area contributed by atoms with Crippen LogP contribution in [0.2, 0.25) is 0 Å². The first kappa shape index (κ1) is 13.6. The Morgan fingerprint density at radius 3 is 2.82 bits per heavy atom. The Bertz CT molecular complexity index is 665. The van der Waals surface area contributed by atoms with Gasteiger partial charge in [-0.1, -0.05) is 6.92 Å². The summed E-state index contributed by atoms with van der Waals surface area (Å²) in [6.45, 7) is 2.99. The van der Waals surface area contributed by atoms with Crippen molar-refractivity contribution in [2.24, 2.45) is 5.92 Å². The van der Waals surface area contributed by atoms with Crippen molar-refractivity contribution < 1.29 is 9.15 Å². The second-order valence-electron chi connectivity index (χ2n) is 6.38. The second-order valence-corrected chi connectivity index (χ2v) is 6.38. The number of nitrogens with zero attached hydrogens (tertiary/aromatic N) is 3. The molecule has 0 radical (unpaired) electrons. The summed E-state index contributed by atoms with van der Waals surface area (Å²) in [5, 5.41) is 0. The van der Waals surface area contributed by atoms with Crippen molar-refractivity contribution in [2.75, 3.05) is 12.0 Å². The maximum atomic E-state index is 6.04. The maximum Gasteiger partial charge on any atom is 0.229 e. The molecule has 2 aromatic rings. The van der Waals surface area contributed by atoms with Gasteiger partial charge in [-0.25, -0.2) is 4.98 Å². The predicted octanol–water partition coefficient (Wildman–Crippen LogP) is 3.37. The monoisotopic (exact) mass is 299 g/mol. The van der Waals surface area contributed by atoms with Gasteiger partial charge < -0.3 is 14.1 Å². The summed E-state index contributed by atoms with van der Waals surface area (Å²) in [6.07, 6.45) is 5.37. The Morgan fingerprint density at radius 1 is 1.32 bits per heavy atom. The highest BCUT2D eigenvalue weighted by Crippen LogP contribution is 2.47. The first-order valence-electron chi connectivity index (χ1n) is 7.97. The van der Waals surface area contributed by atoms with E-state index in [9.17, 15) is 0 Å². The molecule has 2 fully saturated rings. The predicted molar refractivity (Wildman–Crippen MR) is 83.0 cm³/mol. The smallest absolute Gasteiger partial charge is 0.229 e. The molecule has 0 spiro atoms. The topological polar surface area (TPSA) is 51.4 Å². The zero-order valence-electron chi connectivity index (χ0n) is 13.0. The minimum Gasteiger partial charge on any atom is -0.481 e. The summed E-state index contributed by atoms with van der Waals surface area (Å²) in [6, 6.07) is 6.51. The SMILES string of the molecule is COc1ccnc(N(Cc2ccc([C@H]3C[C@@H]3C)o2)C2CC2)n1. The van der Waals surface area contributed by atoms with Gasteiger partial charge in [0, 0.05) is 24.2 Å². The van der Waals surface area contributed by atoms with Crippen LogP contribution in [0.4, 0.5) is 5.95 Å². The molecule has 0 unspecified atom stereocenters. The molecular formula is C17H21N3O2. The average molecular weight is 299 g/mol. The van der Waals surface area contributed by atoms with E-state index in [0.29, 0.717) is 17.8 Å². The molecule has 0 bridgehead atoms. The fraction of sp³-hybridized carbons (Fsp3) is 0.529. The molecule has 116 valence electrons. The van der Waals surface area contributed by atoms with Gasteiger partial charge in [0.25, 0.3) is 0 Å². The molecule has 2 aromatic heterocycles. The van der Waals surface area contributed by atoms with Crippen LogP contribution in [0.25, 0.3) is 0 Å². The number of rotatable bonds is 6. The van der Waals surface area contributed by atoms with E-state index >= 15 is 0 Å². The molecule has 2 atom stereocenters. The molecule has 0 aromatic carbocycles. The maximum absolute atomic E-state index is 6.04. The third kappa shape index (κ3) is 2.67. The summed E-state index contributed by atoms with van der Waals surface area (Å²) >= 11 is 0. The van der Waals surface area contributed by atoms with Gasteiger partial charge in [-0.05, 0) is 37.3 Å². The third-order valence-electron chi connectivity index (χ3n) is 4.55. The highest BCUT2D eigenvalue weighted by Gasteiger charge is 2.37. The summed E-state index contributed by atoms with van der Waals surface area (Å²) in [5.41, 5.74) is 0. The lowest BCUT2D eigenvalue weighted by molar-refractivity contribution is 0.396. The molecule has 5 nitrogen and oxygen atoms in total. The number of anilines is 1. The van der Waals surface area contributed by atoms with Gasteiger partial charge in [0.15, 0.2) is 0 Å². The fourth-order valence-electron chi connectivity index (χ4n) is 2.90. The van der Waals surface area contributed by atoms with Crippen LogP contribution in [0.3, 0.4) is 0 Å². The third-order valence-corrected chi connectivity index (χ3v) is 4.55. The molecule has 2 aliphatic carbocycles. The lowest BCUT2D eigenvalue weighted by Crippen LogP contribution is -2.26. The van der Waals surface area contributed by atoms with Gasteiger partial charge in [0.1, 0.15) is 11.5 Å². The van der Waals surface area contributed by atoms with Gasteiger partial charge >= 0.3 is 0 Å². The highest BCUT2D eigenvalue weighted by molar-refractivity contribution is 5.36. The summed E-state index contributed by atoms with van der Waals surface area (Å²) in [5.74, 6) is 4.83. The van der Waals surface area contributed by atoms with Gasteiger partial charge in [0.2, 0.25) is 11.8 Å². The van der Waals surface area contributed by atoms with E-state index in [-0.39, 0.29) is 0 Å². The molecule has 4 rings (SSSR count). The van der Waals surface area contributed by atoms with E-state index in [1.165, 1.54) is 19.3 Å². The van der Waals surface area contributed by atoms with Gasteiger partial charge in [-0.3, -0.25) is 0 Å². The van der Waals surface area contributed by atoms with E-state index in [0.717, 1.165) is 29.9 Å². The zero-order valence-corrected chi connectivity index (χ0v) is 13.0. The average Bonchev–Trinajstić information content (AvgIpc) is 3.46. The zero-order chi connectivity index (χ0) is 15.1. The van der Waals surface area contributed by atoms with Crippen LogP contribution in [-0.2, 0) is 6.54 Å². The van der Waals surface area contributed by atoms with Crippen molar-refractivity contribution >= 4 is 5.95 Å². The summed E-state index contributed by atoms with van der Waals surface area (Å²) in [4.78, 5) is 11.1. The quantitative estimate of drug-likeness (QED) is 0.818. The fourth-order valence-corrected chi connectivity index (χ4v) is 2.90. The van der Waals surface area contributed by atoms with Crippen LogP contribution in [-0.4, -0.2) is 23.1 Å². The number of hydrogen-bond acceptors (Lipinski definition) is 5. The van der Waals surface area contributed by atoms with E-state index in [1.807, 2.05) is 0 Å². The van der Waals surface area contributed by atoms with Crippen molar-refractivity contribution in [1.29, 1.82) is 0 Å². The Morgan fingerprint density at radius 2 is 2.14 bits per heavy atom. The minimum atomic E-state index is 0.514. The first-order valence-corrected chi connectivity index (χ1v) is 7.97. The van der Waals surface area contributed by atoms with E-state index in [4.69, 9.17) is 9.15 Å². The van der Waals surface area contributed by atoms with Crippen LogP contribution in [0.5, 0.6) is 5.88 Å². The molecule has 0 N–H and O–H groups in total. The lowest BCUT2D eigenvalue weighted by atomic mass is 10.3. The van der Waals surface area contributed by atoms with E-state index in [2.05, 4.69) is 33.9 Å². The normalized spacial score (nSPS) is 23.4. The van der Waals surface area contributed by atoms with E-state index in [1.54, 1.807) is 19.4 Å². The van der Waals surface area contributed by atoms with Crippen LogP contribution < -0.4 is 9.64 Å². The number of methoxy groups -OCH3 is 1. The Kier molecular flexibility index (Phi) is 3.28. The highest BCUT2D eigenvalue weighted by atomic mass is 16.5. The van der Waals surface area contributed by atoms with Gasteiger partial charge in [-0.2, -0.15) is 4.98 Å². The van der Waals surface area contributed by atoms with Crippen LogP contribution in [0, 0.1) is 5.92 Å². The molecule has 5 heteroatoms. The second kappa shape index (κ2) is 5.30. The molecule has 0 amide bonds. The van der Waals surface area contributed by atoms with Crippen molar-refractivity contribution in [3.05, 3.63) is 35.9 Å². The van der Waals surface area contributed by atoms with E-state index < -0.39 is 0 Å². The Hall–Kier alpha value is -2.04. The first-order chi connectivity index (χ1) is 10.7. The summed E-state index contributed by atoms with van der Waals surface area (Å²) in [7, 11) is 1.63. The van der Waals surface area contributed by atoms with Crippen molar-refractivity contribution in [2.45, 2.75) is 44.7 Å². The standard InChI is InChI=1S/C17H21N3O2/c1-11-9-14(11)15-6-5-13(22-15)10-20(12-3-4-12)17-18-8-7-16(19-17)21-2/h5-8,11-12,14H,3-4,9-10H2,1-2H3/t11-,14-/m0/s1. The molecule has 0 aliphatic heterocycles. The number of furan rings is 1. The summed E-state index contributed by atoms with van der Waals surface area (Å²) < 4.78 is 11.2. The Balaban J connectivity index is 1.53. The van der Waals surface area contributed by atoms with Crippen LogP contribution in [0.15, 0.2) is 28.8 Å². The van der Waals surface area contributed by atoms with Crippen molar-refractivity contribution in [3.8, 4) is 5.88 Å². The van der Waals surface area contributed by atoms with Gasteiger partial charge in [-0.15, -0.1) is 0 Å². The number of hydrogen-bond donors (Lipinski definition) is 0. The lowest BCUT2D eigenvalue weighted by Gasteiger charge is -2.21. The molecule has 22 heavy (non-hydrogen) atoms. The van der Waals surface area contributed by atoms with Crippen LogP contribution in [0.1, 0.15) is 43.6 Å². The molecule has 2 aliphatic rings. The number of aromatic nitrogens is 2. The van der Waals surface area contributed by atoms with Gasteiger partial charge in [0.05, 0.1) is 13.7 Å². The Labute approximate surface area is 130 Å². The van der Waals surface area contributed by atoms with Crippen molar-refractivity contribution in [3.63, 3.8) is 0 Å². The molecule has 2 heterocycles. The minimum absolute atomic E-state index is 0.514. The van der Waals surface area contributed by atoms with Crippen LogP contribution >= 0.6 is 0 Å². The van der Waals surface area contributed by atoms with Crippen molar-refractivity contribution in [1.82, 2.24) is 9.97 Å². The molecular weight excluding hydrogens is 278 g/mol. The molecule has 0 saturated heterocycles. The largest absolute Gasteiger partial charge is 0.481 e.